The van der Waals surface area contributed by atoms with E-state index in [1.54, 1.807) is 12.1 Å². The van der Waals surface area contributed by atoms with E-state index in [4.69, 9.17) is 21.4 Å². The Balaban J connectivity index is 2.18. The first-order valence-corrected chi connectivity index (χ1v) is 7.03. The molecule has 1 aliphatic rings. The third kappa shape index (κ3) is 3.63. The van der Waals surface area contributed by atoms with Crippen LogP contribution in [0.1, 0.15) is 43.5 Å². The van der Waals surface area contributed by atoms with E-state index < -0.39 is 5.97 Å². The Kier molecular flexibility index (Phi) is 4.35. The topological polar surface area (TPSA) is 46.5 Å². The molecular formula is C15H19ClO3. The summed E-state index contributed by atoms with van der Waals surface area (Å²) in [7, 11) is 0. The molecule has 2 unspecified atom stereocenters. The average Bonchev–Trinajstić information content (AvgIpc) is 2.26. The maximum Gasteiger partial charge on any atom is 0.339 e. The standard InChI is InChI=1S/C15H19ClO3/c1-9-5-10(2)7-12(6-9)19-14-8-11(16)3-4-13(14)15(17)18/h3-4,8-10,12H,5-7H2,1-2H3,(H,17,18). The molecule has 0 radical (unpaired) electrons. The van der Waals surface area contributed by atoms with Gasteiger partial charge in [0.25, 0.3) is 0 Å². The molecule has 2 atom stereocenters. The monoisotopic (exact) mass is 282 g/mol. The number of carboxylic acids is 1. The minimum absolute atomic E-state index is 0.0790. The van der Waals surface area contributed by atoms with Crippen LogP contribution in [0.4, 0.5) is 0 Å². The van der Waals surface area contributed by atoms with Crippen LogP contribution < -0.4 is 4.74 Å². The van der Waals surface area contributed by atoms with Gasteiger partial charge in [0.05, 0.1) is 6.10 Å². The highest BCUT2D eigenvalue weighted by Crippen LogP contribution is 2.33. The van der Waals surface area contributed by atoms with E-state index >= 15 is 0 Å². The van der Waals surface area contributed by atoms with Gasteiger partial charge in [0.15, 0.2) is 0 Å². The summed E-state index contributed by atoms with van der Waals surface area (Å²) < 4.78 is 5.90. The molecule has 104 valence electrons. The first-order valence-electron chi connectivity index (χ1n) is 6.65. The summed E-state index contributed by atoms with van der Waals surface area (Å²) in [6, 6.07) is 4.66. The molecule has 0 spiro atoms. The van der Waals surface area contributed by atoms with Crippen LogP contribution in [0.3, 0.4) is 0 Å². The van der Waals surface area contributed by atoms with Gasteiger partial charge in [-0.15, -0.1) is 0 Å². The van der Waals surface area contributed by atoms with Crippen molar-refractivity contribution in [2.75, 3.05) is 0 Å². The molecule has 1 saturated carbocycles. The third-order valence-corrected chi connectivity index (χ3v) is 3.84. The number of benzene rings is 1. The van der Waals surface area contributed by atoms with E-state index in [0.717, 1.165) is 12.8 Å². The summed E-state index contributed by atoms with van der Waals surface area (Å²) in [6.07, 6.45) is 3.22. The predicted octanol–water partition coefficient (Wildman–Crippen LogP) is 4.24. The fraction of sp³-hybridized carbons (Fsp3) is 0.533. The summed E-state index contributed by atoms with van der Waals surface area (Å²) in [4.78, 5) is 11.2. The Bertz CT molecular complexity index is 462. The van der Waals surface area contributed by atoms with E-state index in [-0.39, 0.29) is 11.7 Å². The lowest BCUT2D eigenvalue weighted by molar-refractivity contribution is 0.0676. The van der Waals surface area contributed by atoms with Crippen molar-refractivity contribution in [2.24, 2.45) is 11.8 Å². The maximum atomic E-state index is 11.2. The van der Waals surface area contributed by atoms with E-state index in [2.05, 4.69) is 13.8 Å². The van der Waals surface area contributed by atoms with Gasteiger partial charge in [-0.05, 0) is 49.3 Å². The number of halogens is 1. The van der Waals surface area contributed by atoms with Crippen LogP contribution in [0.5, 0.6) is 5.75 Å². The molecule has 0 aliphatic heterocycles. The second-order valence-corrected chi connectivity index (χ2v) is 6.04. The molecular weight excluding hydrogens is 264 g/mol. The Morgan fingerprint density at radius 2 is 1.89 bits per heavy atom. The number of carbonyl (C=O) groups is 1. The maximum absolute atomic E-state index is 11.2. The minimum atomic E-state index is -0.983. The molecule has 1 aromatic rings. The Hall–Kier alpha value is -1.22. The van der Waals surface area contributed by atoms with Gasteiger partial charge < -0.3 is 9.84 Å². The lowest BCUT2D eigenvalue weighted by Gasteiger charge is -2.32. The molecule has 0 saturated heterocycles. The lowest BCUT2D eigenvalue weighted by atomic mass is 9.82. The molecule has 0 amide bonds. The van der Waals surface area contributed by atoms with Crippen LogP contribution in [0.2, 0.25) is 5.02 Å². The lowest BCUT2D eigenvalue weighted by Crippen LogP contribution is -2.29. The first-order chi connectivity index (χ1) is 8.95. The minimum Gasteiger partial charge on any atom is -0.489 e. The average molecular weight is 283 g/mol. The van der Waals surface area contributed by atoms with Crippen molar-refractivity contribution in [2.45, 2.75) is 39.2 Å². The smallest absolute Gasteiger partial charge is 0.339 e. The largest absolute Gasteiger partial charge is 0.489 e. The van der Waals surface area contributed by atoms with Crippen molar-refractivity contribution in [1.29, 1.82) is 0 Å². The number of hydrogen-bond acceptors (Lipinski definition) is 2. The number of rotatable bonds is 3. The molecule has 1 aromatic carbocycles. The van der Waals surface area contributed by atoms with Crippen LogP contribution in [0, 0.1) is 11.8 Å². The van der Waals surface area contributed by atoms with Gasteiger partial charge in [-0.3, -0.25) is 0 Å². The fourth-order valence-electron chi connectivity index (χ4n) is 2.92. The fourth-order valence-corrected chi connectivity index (χ4v) is 3.08. The predicted molar refractivity (Wildman–Crippen MR) is 75.0 cm³/mol. The molecule has 19 heavy (non-hydrogen) atoms. The van der Waals surface area contributed by atoms with Gasteiger partial charge >= 0.3 is 5.97 Å². The molecule has 0 heterocycles. The number of hydrogen-bond donors (Lipinski definition) is 1. The summed E-state index contributed by atoms with van der Waals surface area (Å²) in [6.45, 7) is 4.42. The summed E-state index contributed by atoms with van der Waals surface area (Å²) in [5, 5.41) is 9.66. The van der Waals surface area contributed by atoms with Crippen LogP contribution >= 0.6 is 11.6 Å². The van der Waals surface area contributed by atoms with Gasteiger partial charge in [0, 0.05) is 5.02 Å². The van der Waals surface area contributed by atoms with Crippen LogP contribution in [-0.4, -0.2) is 17.2 Å². The first kappa shape index (κ1) is 14.2. The second-order valence-electron chi connectivity index (χ2n) is 5.60. The zero-order chi connectivity index (χ0) is 14.0. The number of ether oxygens (including phenoxy) is 1. The molecule has 1 aliphatic carbocycles. The molecule has 0 aromatic heterocycles. The van der Waals surface area contributed by atoms with Crippen LogP contribution in [0.25, 0.3) is 0 Å². The van der Waals surface area contributed by atoms with Crippen molar-refractivity contribution in [3.05, 3.63) is 28.8 Å². The highest BCUT2D eigenvalue weighted by molar-refractivity contribution is 6.30. The van der Waals surface area contributed by atoms with Crippen molar-refractivity contribution in [3.8, 4) is 5.75 Å². The van der Waals surface area contributed by atoms with E-state index in [9.17, 15) is 4.79 Å². The normalized spacial score (nSPS) is 27.0. The van der Waals surface area contributed by atoms with E-state index in [1.165, 1.54) is 12.5 Å². The van der Waals surface area contributed by atoms with Gasteiger partial charge in [-0.1, -0.05) is 25.4 Å². The number of aromatic carboxylic acids is 1. The van der Waals surface area contributed by atoms with Gasteiger partial charge in [-0.2, -0.15) is 0 Å². The van der Waals surface area contributed by atoms with E-state index in [0.29, 0.717) is 22.6 Å². The van der Waals surface area contributed by atoms with Crippen molar-refractivity contribution in [1.82, 2.24) is 0 Å². The molecule has 2 rings (SSSR count). The Morgan fingerprint density at radius 1 is 1.26 bits per heavy atom. The SMILES string of the molecule is CC1CC(C)CC(Oc2cc(Cl)ccc2C(=O)O)C1. The molecule has 1 fully saturated rings. The van der Waals surface area contributed by atoms with Gasteiger partial charge in [0.2, 0.25) is 0 Å². The highest BCUT2D eigenvalue weighted by atomic mass is 35.5. The molecule has 1 N–H and O–H groups in total. The van der Waals surface area contributed by atoms with Gasteiger partial charge in [0.1, 0.15) is 11.3 Å². The zero-order valence-corrected chi connectivity index (χ0v) is 12.0. The molecule has 0 bridgehead atoms. The number of carboxylic acid groups (broad SMARTS) is 1. The Morgan fingerprint density at radius 3 is 2.47 bits per heavy atom. The molecule has 3 nitrogen and oxygen atoms in total. The Labute approximate surface area is 118 Å². The van der Waals surface area contributed by atoms with Crippen molar-refractivity contribution < 1.29 is 14.6 Å². The van der Waals surface area contributed by atoms with Gasteiger partial charge in [-0.25, -0.2) is 4.79 Å². The quantitative estimate of drug-likeness (QED) is 0.902. The van der Waals surface area contributed by atoms with E-state index in [1.807, 2.05) is 0 Å². The molecule has 4 heteroatoms. The summed E-state index contributed by atoms with van der Waals surface area (Å²) in [5.41, 5.74) is 0.176. The highest BCUT2D eigenvalue weighted by Gasteiger charge is 2.26. The van der Waals surface area contributed by atoms with Crippen LogP contribution in [0.15, 0.2) is 18.2 Å². The third-order valence-electron chi connectivity index (χ3n) is 3.60. The summed E-state index contributed by atoms with van der Waals surface area (Å²) >= 11 is 5.92. The van der Waals surface area contributed by atoms with Crippen molar-refractivity contribution >= 4 is 17.6 Å². The second kappa shape index (κ2) is 5.83. The van der Waals surface area contributed by atoms with Crippen LogP contribution in [-0.2, 0) is 0 Å². The zero-order valence-electron chi connectivity index (χ0n) is 11.2. The summed E-state index contributed by atoms with van der Waals surface area (Å²) in [5.74, 6) is 0.622. The van der Waals surface area contributed by atoms with Crippen molar-refractivity contribution in [3.63, 3.8) is 0 Å².